The number of nitrogens with one attached hydrogen (secondary N) is 1. The molecule has 4 aromatic rings. The lowest BCUT2D eigenvalue weighted by Crippen LogP contribution is -2.01. The third kappa shape index (κ3) is 4.24. The van der Waals surface area contributed by atoms with Crippen LogP contribution in [0.4, 0.5) is 5.69 Å². The van der Waals surface area contributed by atoms with Crippen molar-refractivity contribution in [2.24, 2.45) is 0 Å². The summed E-state index contributed by atoms with van der Waals surface area (Å²) in [6, 6.07) is 28.1. The largest absolute Gasteiger partial charge is 0.489 e. The molecule has 0 spiro atoms. The molecule has 28 heavy (non-hydrogen) atoms. The molecule has 0 atom stereocenters. The second kappa shape index (κ2) is 8.55. The van der Waals surface area contributed by atoms with Crippen molar-refractivity contribution in [1.29, 1.82) is 0 Å². The van der Waals surface area contributed by atoms with E-state index in [1.807, 2.05) is 36.4 Å². The van der Waals surface area contributed by atoms with Gasteiger partial charge in [0.25, 0.3) is 0 Å². The summed E-state index contributed by atoms with van der Waals surface area (Å²) >= 11 is 12.4. The highest BCUT2D eigenvalue weighted by atomic mass is 35.5. The third-order valence-corrected chi connectivity index (χ3v) is 5.32. The maximum Gasteiger partial charge on any atom is 0.120 e. The van der Waals surface area contributed by atoms with Gasteiger partial charge in [-0.05, 0) is 41.3 Å². The van der Waals surface area contributed by atoms with Crippen LogP contribution in [0.1, 0.15) is 11.1 Å². The first-order chi connectivity index (χ1) is 13.7. The fraction of sp³-hybridized carbons (Fsp3) is 0.0833. The summed E-state index contributed by atoms with van der Waals surface area (Å²) < 4.78 is 5.92. The topological polar surface area (TPSA) is 21.3 Å². The summed E-state index contributed by atoms with van der Waals surface area (Å²) in [6.45, 7) is 1.04. The monoisotopic (exact) mass is 407 g/mol. The maximum absolute atomic E-state index is 6.22. The fourth-order valence-corrected chi connectivity index (χ4v) is 3.65. The van der Waals surface area contributed by atoms with E-state index in [4.69, 9.17) is 27.9 Å². The normalized spacial score (nSPS) is 10.8. The van der Waals surface area contributed by atoms with E-state index in [1.54, 1.807) is 0 Å². The Balaban J connectivity index is 1.45. The van der Waals surface area contributed by atoms with Crippen LogP contribution in [0.3, 0.4) is 0 Å². The minimum atomic E-state index is 0.332. The summed E-state index contributed by atoms with van der Waals surface area (Å²) in [5.74, 6) is 0.785. The van der Waals surface area contributed by atoms with Gasteiger partial charge in [-0.25, -0.2) is 0 Å². The highest BCUT2D eigenvalue weighted by Gasteiger charge is 2.07. The molecule has 0 fully saturated rings. The van der Waals surface area contributed by atoms with Crippen molar-refractivity contribution in [3.63, 3.8) is 0 Å². The van der Waals surface area contributed by atoms with Gasteiger partial charge in [0.2, 0.25) is 0 Å². The summed E-state index contributed by atoms with van der Waals surface area (Å²) in [5, 5.41) is 7.19. The van der Waals surface area contributed by atoms with Gasteiger partial charge < -0.3 is 10.1 Å². The van der Waals surface area contributed by atoms with Crippen molar-refractivity contribution in [2.75, 3.05) is 5.32 Å². The van der Waals surface area contributed by atoms with E-state index >= 15 is 0 Å². The van der Waals surface area contributed by atoms with Crippen LogP contribution < -0.4 is 10.1 Å². The lowest BCUT2D eigenvalue weighted by molar-refractivity contribution is 0.306. The van der Waals surface area contributed by atoms with E-state index in [0.717, 1.165) is 22.6 Å². The lowest BCUT2D eigenvalue weighted by Gasteiger charge is -2.12. The molecule has 0 radical (unpaired) electrons. The first-order valence-electron chi connectivity index (χ1n) is 9.07. The molecule has 1 N–H and O–H groups in total. The van der Waals surface area contributed by atoms with Gasteiger partial charge in [-0.2, -0.15) is 0 Å². The Labute approximate surface area is 174 Å². The predicted molar refractivity (Wildman–Crippen MR) is 119 cm³/mol. The van der Waals surface area contributed by atoms with Gasteiger partial charge in [0, 0.05) is 33.2 Å². The molecule has 0 aliphatic heterocycles. The van der Waals surface area contributed by atoms with Crippen molar-refractivity contribution < 1.29 is 4.74 Å². The molecule has 0 bridgehead atoms. The zero-order valence-corrected chi connectivity index (χ0v) is 16.7. The van der Waals surface area contributed by atoms with E-state index < -0.39 is 0 Å². The third-order valence-electron chi connectivity index (χ3n) is 4.62. The molecule has 0 heterocycles. The Kier molecular flexibility index (Phi) is 5.70. The molecule has 4 rings (SSSR count). The number of anilines is 1. The van der Waals surface area contributed by atoms with Crippen LogP contribution >= 0.6 is 23.2 Å². The fourth-order valence-electron chi connectivity index (χ4n) is 3.15. The molecule has 0 saturated heterocycles. The van der Waals surface area contributed by atoms with Gasteiger partial charge in [-0.3, -0.25) is 0 Å². The molecular formula is C24H19Cl2NO. The van der Waals surface area contributed by atoms with Crippen molar-refractivity contribution >= 4 is 39.7 Å². The standard InChI is InChI=1S/C24H19Cl2NO/c25-22-11-5-12-23(26)21(22)16-28-19-9-3-6-17(14-19)15-27-24-13-4-8-18-7-1-2-10-20(18)24/h1-14,27H,15-16H2. The Hall–Kier alpha value is -2.68. The maximum atomic E-state index is 6.22. The first-order valence-corrected chi connectivity index (χ1v) is 9.82. The molecule has 0 unspecified atom stereocenters. The van der Waals surface area contributed by atoms with Gasteiger partial charge in [0.15, 0.2) is 0 Å². The Morgan fingerprint density at radius 2 is 1.46 bits per heavy atom. The number of ether oxygens (including phenoxy) is 1. The second-order valence-electron chi connectivity index (χ2n) is 6.52. The summed E-state index contributed by atoms with van der Waals surface area (Å²) in [4.78, 5) is 0. The average Bonchev–Trinajstić information content (AvgIpc) is 2.72. The van der Waals surface area contributed by atoms with Crippen LogP contribution in [0.2, 0.25) is 10.0 Å². The molecule has 0 aliphatic carbocycles. The number of hydrogen-bond acceptors (Lipinski definition) is 2. The van der Waals surface area contributed by atoms with Crippen molar-refractivity contribution in [2.45, 2.75) is 13.2 Å². The van der Waals surface area contributed by atoms with Gasteiger partial charge in [-0.15, -0.1) is 0 Å². The number of halogens is 2. The molecule has 0 aromatic heterocycles. The molecule has 0 aliphatic rings. The number of hydrogen-bond donors (Lipinski definition) is 1. The molecule has 140 valence electrons. The van der Waals surface area contributed by atoms with Gasteiger partial charge in [-0.1, -0.05) is 77.8 Å². The quantitative estimate of drug-likeness (QED) is 0.360. The molecular weight excluding hydrogens is 389 g/mol. The van der Waals surface area contributed by atoms with E-state index in [1.165, 1.54) is 10.8 Å². The van der Waals surface area contributed by atoms with Crippen LogP contribution in [0.5, 0.6) is 5.75 Å². The summed E-state index contributed by atoms with van der Waals surface area (Å²) in [6.07, 6.45) is 0. The van der Waals surface area contributed by atoms with Crippen LogP contribution in [-0.2, 0) is 13.2 Å². The van der Waals surface area contributed by atoms with E-state index in [9.17, 15) is 0 Å². The lowest BCUT2D eigenvalue weighted by atomic mass is 10.1. The zero-order valence-electron chi connectivity index (χ0n) is 15.2. The van der Waals surface area contributed by atoms with Gasteiger partial charge >= 0.3 is 0 Å². The Bertz CT molecular complexity index is 1080. The van der Waals surface area contributed by atoms with Crippen molar-refractivity contribution in [3.8, 4) is 5.75 Å². The minimum absolute atomic E-state index is 0.332. The molecule has 2 nitrogen and oxygen atoms in total. The molecule has 0 amide bonds. The highest BCUT2D eigenvalue weighted by Crippen LogP contribution is 2.27. The van der Waals surface area contributed by atoms with Crippen molar-refractivity contribution in [1.82, 2.24) is 0 Å². The average molecular weight is 408 g/mol. The van der Waals surface area contributed by atoms with E-state index in [2.05, 4.69) is 53.8 Å². The second-order valence-corrected chi connectivity index (χ2v) is 7.33. The Morgan fingerprint density at radius 1 is 0.750 bits per heavy atom. The number of benzene rings is 4. The SMILES string of the molecule is Clc1cccc(Cl)c1COc1cccc(CNc2cccc3ccccc23)c1. The summed E-state index contributed by atoms with van der Waals surface area (Å²) in [5.41, 5.74) is 3.05. The van der Waals surface area contributed by atoms with Crippen LogP contribution in [0.25, 0.3) is 10.8 Å². The smallest absolute Gasteiger partial charge is 0.120 e. The molecule has 4 heteroatoms. The van der Waals surface area contributed by atoms with Crippen LogP contribution in [-0.4, -0.2) is 0 Å². The van der Waals surface area contributed by atoms with E-state index in [-0.39, 0.29) is 0 Å². The predicted octanol–water partition coefficient (Wildman–Crippen LogP) is 7.34. The van der Waals surface area contributed by atoms with Crippen LogP contribution in [0, 0.1) is 0 Å². The molecule has 0 saturated carbocycles. The molecule has 4 aromatic carbocycles. The van der Waals surface area contributed by atoms with Gasteiger partial charge in [0.05, 0.1) is 0 Å². The Morgan fingerprint density at radius 3 is 2.32 bits per heavy atom. The summed E-state index contributed by atoms with van der Waals surface area (Å²) in [7, 11) is 0. The zero-order chi connectivity index (χ0) is 19.3. The number of rotatable bonds is 6. The van der Waals surface area contributed by atoms with Gasteiger partial charge in [0.1, 0.15) is 12.4 Å². The van der Waals surface area contributed by atoms with Crippen molar-refractivity contribution in [3.05, 3.63) is 106 Å². The number of fused-ring (bicyclic) bond motifs is 1. The van der Waals surface area contributed by atoms with Crippen LogP contribution in [0.15, 0.2) is 84.9 Å². The minimum Gasteiger partial charge on any atom is -0.489 e. The first kappa shape index (κ1) is 18.7. The van der Waals surface area contributed by atoms with E-state index in [0.29, 0.717) is 23.2 Å². The highest BCUT2D eigenvalue weighted by molar-refractivity contribution is 6.35.